The predicted octanol–water partition coefficient (Wildman–Crippen LogP) is 3.32. The first-order valence-corrected chi connectivity index (χ1v) is 8.67. The first kappa shape index (κ1) is 20.7. The summed E-state index contributed by atoms with van der Waals surface area (Å²) < 4.78 is 27.5. The highest BCUT2D eigenvalue weighted by atomic mass is 19.3. The Hall–Kier alpha value is -4.07. The van der Waals surface area contributed by atoms with E-state index in [4.69, 9.17) is 5.26 Å². The number of rotatable bonds is 5. The molecule has 0 aliphatic heterocycles. The van der Waals surface area contributed by atoms with Gasteiger partial charge >= 0.3 is 5.92 Å². The number of carbonyl (C=O) groups excluding carboxylic acids is 1. The molecule has 0 fully saturated rings. The van der Waals surface area contributed by atoms with Gasteiger partial charge in [0.05, 0.1) is 23.1 Å². The molecule has 3 heterocycles. The lowest BCUT2D eigenvalue weighted by Crippen LogP contribution is -2.14. The van der Waals surface area contributed by atoms with E-state index in [2.05, 4.69) is 35.8 Å². The maximum absolute atomic E-state index is 13.7. The van der Waals surface area contributed by atoms with Gasteiger partial charge in [0.2, 0.25) is 11.7 Å². The van der Waals surface area contributed by atoms with Crippen LogP contribution in [0.15, 0.2) is 30.6 Å². The van der Waals surface area contributed by atoms with Crippen LogP contribution in [0.25, 0.3) is 11.3 Å². The smallest absolute Gasteiger partial charge is 0.303 e. The minimum Gasteiger partial charge on any atom is -0.339 e. The Bertz CT molecular complexity index is 1150. The standard InChI is InChI=1S/C19H16F2N8O/c1-10-4-17(28-18(25-10)19(3,20)21)27-14-6-16(26-11(2)30)23-9-13(14)15-5-12(7-22)8-24-29-15/h4-6,8-9H,1-3H3,(H2,23,25,26,27,28,30). The zero-order valence-corrected chi connectivity index (χ0v) is 16.2. The number of alkyl halides is 2. The van der Waals surface area contributed by atoms with Gasteiger partial charge in [0.15, 0.2) is 0 Å². The summed E-state index contributed by atoms with van der Waals surface area (Å²) in [7, 11) is 0. The summed E-state index contributed by atoms with van der Waals surface area (Å²) in [4.78, 5) is 23.2. The summed E-state index contributed by atoms with van der Waals surface area (Å²) in [6.07, 6.45) is 2.72. The van der Waals surface area contributed by atoms with E-state index in [0.29, 0.717) is 29.6 Å². The van der Waals surface area contributed by atoms with Crippen molar-refractivity contribution in [2.24, 2.45) is 0 Å². The summed E-state index contributed by atoms with van der Waals surface area (Å²) in [5, 5.41) is 22.4. The molecule has 0 spiro atoms. The number of pyridine rings is 1. The van der Waals surface area contributed by atoms with Crippen LogP contribution in [0.3, 0.4) is 0 Å². The molecule has 0 bridgehead atoms. The quantitative estimate of drug-likeness (QED) is 0.655. The van der Waals surface area contributed by atoms with Crippen LogP contribution >= 0.6 is 0 Å². The number of hydrogen-bond acceptors (Lipinski definition) is 8. The molecule has 0 atom stereocenters. The Morgan fingerprint density at radius 2 is 1.93 bits per heavy atom. The third kappa shape index (κ3) is 4.85. The van der Waals surface area contributed by atoms with Gasteiger partial charge in [0.1, 0.15) is 17.7 Å². The van der Waals surface area contributed by atoms with E-state index in [9.17, 15) is 13.6 Å². The van der Waals surface area contributed by atoms with Crippen molar-refractivity contribution >= 4 is 23.2 Å². The Morgan fingerprint density at radius 3 is 2.60 bits per heavy atom. The molecule has 0 unspecified atom stereocenters. The van der Waals surface area contributed by atoms with Gasteiger partial charge in [-0.2, -0.15) is 24.2 Å². The van der Waals surface area contributed by atoms with Crippen molar-refractivity contribution in [3.8, 4) is 17.3 Å². The molecule has 3 aromatic heterocycles. The Labute approximate surface area is 170 Å². The Balaban J connectivity index is 2.10. The molecule has 0 aliphatic rings. The molecule has 0 aliphatic carbocycles. The Morgan fingerprint density at radius 1 is 1.17 bits per heavy atom. The van der Waals surface area contributed by atoms with Crippen molar-refractivity contribution in [2.45, 2.75) is 26.7 Å². The van der Waals surface area contributed by atoms with Gasteiger partial charge in [-0.3, -0.25) is 4.79 Å². The molecule has 30 heavy (non-hydrogen) atoms. The number of nitrogens with zero attached hydrogens (tertiary/aromatic N) is 6. The average Bonchev–Trinajstić information content (AvgIpc) is 2.66. The summed E-state index contributed by atoms with van der Waals surface area (Å²) in [5.41, 5.74) is 1.73. The maximum Gasteiger partial charge on any atom is 0.303 e. The van der Waals surface area contributed by atoms with Crippen LogP contribution < -0.4 is 10.6 Å². The fourth-order valence-corrected chi connectivity index (χ4v) is 2.54. The number of nitriles is 1. The largest absolute Gasteiger partial charge is 0.339 e. The minimum absolute atomic E-state index is 0.115. The lowest BCUT2D eigenvalue weighted by molar-refractivity contribution is -0.114. The third-order valence-electron chi connectivity index (χ3n) is 3.78. The second-order valence-corrected chi connectivity index (χ2v) is 6.47. The van der Waals surface area contributed by atoms with Crippen LogP contribution in [0.1, 0.15) is 30.9 Å². The lowest BCUT2D eigenvalue weighted by atomic mass is 10.1. The second-order valence-electron chi connectivity index (χ2n) is 6.47. The molecule has 1 amide bonds. The molecule has 9 nitrogen and oxygen atoms in total. The summed E-state index contributed by atoms with van der Waals surface area (Å²) in [6.45, 7) is 3.61. The first-order chi connectivity index (χ1) is 14.2. The average molecular weight is 410 g/mol. The summed E-state index contributed by atoms with van der Waals surface area (Å²) in [6, 6.07) is 6.47. The number of hydrogen-bond donors (Lipinski definition) is 2. The van der Waals surface area contributed by atoms with E-state index >= 15 is 0 Å². The van der Waals surface area contributed by atoms with E-state index in [1.54, 1.807) is 6.92 Å². The van der Waals surface area contributed by atoms with Gasteiger partial charge < -0.3 is 10.6 Å². The molecular weight excluding hydrogens is 394 g/mol. The van der Waals surface area contributed by atoms with Crippen LogP contribution in [0, 0.1) is 18.3 Å². The number of carbonyl (C=O) groups is 1. The highest BCUT2D eigenvalue weighted by molar-refractivity contribution is 5.89. The van der Waals surface area contributed by atoms with Crippen LogP contribution in [0.4, 0.5) is 26.1 Å². The van der Waals surface area contributed by atoms with Gasteiger partial charge in [-0.1, -0.05) is 0 Å². The van der Waals surface area contributed by atoms with Gasteiger partial charge in [-0.05, 0) is 13.0 Å². The van der Waals surface area contributed by atoms with E-state index in [-0.39, 0.29) is 23.1 Å². The minimum atomic E-state index is -3.22. The molecule has 11 heteroatoms. The van der Waals surface area contributed by atoms with Crippen LogP contribution in [-0.4, -0.2) is 31.1 Å². The Kier molecular flexibility index (Phi) is 5.59. The van der Waals surface area contributed by atoms with Crippen LogP contribution in [0.5, 0.6) is 0 Å². The number of aryl methyl sites for hydroxylation is 1. The van der Waals surface area contributed by atoms with E-state index in [0.717, 1.165) is 0 Å². The number of amides is 1. The number of nitrogens with one attached hydrogen (secondary N) is 2. The molecule has 0 aromatic carbocycles. The van der Waals surface area contributed by atoms with Gasteiger partial charge in [-0.25, -0.2) is 15.0 Å². The van der Waals surface area contributed by atoms with Crippen molar-refractivity contribution in [3.05, 3.63) is 47.7 Å². The number of anilines is 3. The van der Waals surface area contributed by atoms with Crippen molar-refractivity contribution in [2.75, 3.05) is 10.6 Å². The zero-order chi connectivity index (χ0) is 21.9. The molecule has 0 saturated heterocycles. The first-order valence-electron chi connectivity index (χ1n) is 8.67. The van der Waals surface area contributed by atoms with Gasteiger partial charge in [-0.15, -0.1) is 0 Å². The van der Waals surface area contributed by atoms with Crippen molar-refractivity contribution in [1.29, 1.82) is 5.26 Å². The maximum atomic E-state index is 13.7. The molecule has 3 rings (SSSR count). The summed E-state index contributed by atoms with van der Waals surface area (Å²) >= 11 is 0. The van der Waals surface area contributed by atoms with Crippen molar-refractivity contribution < 1.29 is 13.6 Å². The topological polar surface area (TPSA) is 129 Å². The predicted molar refractivity (Wildman–Crippen MR) is 104 cm³/mol. The zero-order valence-electron chi connectivity index (χ0n) is 16.2. The molecule has 2 N–H and O–H groups in total. The van der Waals surface area contributed by atoms with E-state index < -0.39 is 11.7 Å². The fraction of sp³-hybridized carbons (Fsp3) is 0.211. The molecule has 0 radical (unpaired) electrons. The molecule has 152 valence electrons. The number of halogens is 2. The second kappa shape index (κ2) is 8.12. The normalized spacial score (nSPS) is 10.9. The lowest BCUT2D eigenvalue weighted by Gasteiger charge is -2.15. The van der Waals surface area contributed by atoms with Crippen LogP contribution in [0.2, 0.25) is 0 Å². The van der Waals surface area contributed by atoms with Gasteiger partial charge in [0.25, 0.3) is 0 Å². The monoisotopic (exact) mass is 410 g/mol. The molecule has 3 aromatic rings. The van der Waals surface area contributed by atoms with E-state index in [1.165, 1.54) is 37.5 Å². The fourth-order valence-electron chi connectivity index (χ4n) is 2.54. The summed E-state index contributed by atoms with van der Waals surface area (Å²) in [5.74, 6) is -3.85. The van der Waals surface area contributed by atoms with Gasteiger partial charge in [0, 0.05) is 43.4 Å². The van der Waals surface area contributed by atoms with E-state index in [1.807, 2.05) is 6.07 Å². The van der Waals surface area contributed by atoms with Crippen molar-refractivity contribution in [1.82, 2.24) is 25.1 Å². The van der Waals surface area contributed by atoms with Crippen molar-refractivity contribution in [3.63, 3.8) is 0 Å². The third-order valence-corrected chi connectivity index (χ3v) is 3.78. The SMILES string of the molecule is CC(=O)Nc1cc(Nc2cc(C)nc(C(C)(F)F)n2)c(-c2cc(C#N)cnn2)cn1. The molecule has 0 saturated carbocycles. The highest BCUT2D eigenvalue weighted by Crippen LogP contribution is 2.31. The molecular formula is C19H16F2N8O. The highest BCUT2D eigenvalue weighted by Gasteiger charge is 2.29. The number of aromatic nitrogens is 5. The van der Waals surface area contributed by atoms with Crippen LogP contribution in [-0.2, 0) is 10.7 Å².